The van der Waals surface area contributed by atoms with Gasteiger partial charge in [-0.3, -0.25) is 9.59 Å². The molecule has 0 aromatic heterocycles. The first kappa shape index (κ1) is 20.5. The second kappa shape index (κ2) is 8.40. The van der Waals surface area contributed by atoms with Crippen molar-refractivity contribution in [3.8, 4) is 0 Å². The Morgan fingerprint density at radius 3 is 2.29 bits per heavy atom. The number of rotatable bonds is 5. The van der Waals surface area contributed by atoms with Crippen molar-refractivity contribution >= 4 is 27.5 Å². The quantitative estimate of drug-likeness (QED) is 0.732. The van der Waals surface area contributed by atoms with Gasteiger partial charge in [0.05, 0.1) is 4.90 Å². The summed E-state index contributed by atoms with van der Waals surface area (Å²) in [5.74, 6) is -0.335. The number of hydrogen-bond acceptors (Lipinski definition) is 5. The van der Waals surface area contributed by atoms with Gasteiger partial charge in [0.2, 0.25) is 15.9 Å². The minimum Gasteiger partial charge on any atom is -0.335 e. The second-order valence-electron chi connectivity index (χ2n) is 7.05. The molecule has 152 valence electrons. The van der Waals surface area contributed by atoms with Crippen molar-refractivity contribution < 1.29 is 18.0 Å². The van der Waals surface area contributed by atoms with E-state index >= 15 is 0 Å². The number of carbonyl (C=O) groups is 2. The lowest BCUT2D eigenvalue weighted by Crippen LogP contribution is -2.52. The molecule has 8 nitrogen and oxygen atoms in total. The van der Waals surface area contributed by atoms with Gasteiger partial charge in [-0.05, 0) is 24.1 Å². The second-order valence-corrected chi connectivity index (χ2v) is 8.99. The topological polar surface area (TPSA) is 90.4 Å². The molecule has 0 atom stereocenters. The van der Waals surface area contributed by atoms with Gasteiger partial charge < -0.3 is 4.90 Å². The summed E-state index contributed by atoms with van der Waals surface area (Å²) in [6.45, 7) is 3.19. The lowest BCUT2D eigenvalue weighted by molar-refractivity contribution is -0.130. The highest BCUT2D eigenvalue weighted by Gasteiger charge is 2.32. The number of benzene rings is 1. The summed E-state index contributed by atoms with van der Waals surface area (Å²) in [5.41, 5.74) is 1.47. The SMILES string of the molecule is CCCc1ccc(S(=O)(=O)N2CCN(C(=O)C3=NN(C)C(=O)CC3)CC2)cc1. The third-order valence-electron chi connectivity index (χ3n) is 5.08. The predicted molar refractivity (Wildman–Crippen MR) is 105 cm³/mol. The van der Waals surface area contributed by atoms with Gasteiger partial charge in [0.15, 0.2) is 0 Å². The van der Waals surface area contributed by atoms with Crippen molar-refractivity contribution in [1.29, 1.82) is 0 Å². The Morgan fingerprint density at radius 2 is 1.71 bits per heavy atom. The van der Waals surface area contributed by atoms with Gasteiger partial charge in [-0.25, -0.2) is 13.4 Å². The number of amides is 2. The molecular formula is C19H26N4O4S. The van der Waals surface area contributed by atoms with Crippen LogP contribution in [-0.2, 0) is 26.0 Å². The largest absolute Gasteiger partial charge is 0.335 e. The molecule has 0 spiro atoms. The highest BCUT2D eigenvalue weighted by Crippen LogP contribution is 2.19. The van der Waals surface area contributed by atoms with Crippen molar-refractivity contribution in [1.82, 2.24) is 14.2 Å². The van der Waals surface area contributed by atoms with E-state index in [0.29, 0.717) is 25.2 Å². The van der Waals surface area contributed by atoms with E-state index in [0.717, 1.165) is 18.4 Å². The van der Waals surface area contributed by atoms with Gasteiger partial charge in [0.1, 0.15) is 5.71 Å². The fourth-order valence-corrected chi connectivity index (χ4v) is 4.83. The summed E-state index contributed by atoms with van der Waals surface area (Å²) in [6, 6.07) is 7.02. The maximum Gasteiger partial charge on any atom is 0.270 e. The van der Waals surface area contributed by atoms with Crippen LogP contribution in [0.5, 0.6) is 0 Å². The van der Waals surface area contributed by atoms with Crippen LogP contribution in [0.3, 0.4) is 0 Å². The molecule has 0 bridgehead atoms. The fourth-order valence-electron chi connectivity index (χ4n) is 3.40. The molecule has 3 rings (SSSR count). The number of sulfonamides is 1. The first-order chi connectivity index (χ1) is 13.3. The molecule has 28 heavy (non-hydrogen) atoms. The number of aryl methyl sites for hydroxylation is 1. The Morgan fingerprint density at radius 1 is 1.07 bits per heavy atom. The summed E-state index contributed by atoms with van der Waals surface area (Å²) in [5, 5.41) is 5.25. The fraction of sp³-hybridized carbons (Fsp3) is 0.526. The van der Waals surface area contributed by atoms with Crippen molar-refractivity contribution in [2.75, 3.05) is 33.2 Å². The van der Waals surface area contributed by atoms with E-state index in [-0.39, 0.29) is 36.2 Å². The smallest absolute Gasteiger partial charge is 0.270 e. The number of nitrogens with zero attached hydrogens (tertiary/aromatic N) is 4. The first-order valence-corrected chi connectivity index (χ1v) is 11.0. The van der Waals surface area contributed by atoms with Crippen LogP contribution in [0.4, 0.5) is 0 Å². The normalized spacial score (nSPS) is 18.9. The summed E-state index contributed by atoms with van der Waals surface area (Å²) in [7, 11) is -2.04. The van der Waals surface area contributed by atoms with Gasteiger partial charge in [0.25, 0.3) is 5.91 Å². The van der Waals surface area contributed by atoms with Crippen LogP contribution < -0.4 is 0 Å². The van der Waals surface area contributed by atoms with Crippen molar-refractivity contribution in [2.45, 2.75) is 37.5 Å². The molecule has 1 saturated heterocycles. The third-order valence-corrected chi connectivity index (χ3v) is 6.99. The lowest BCUT2D eigenvalue weighted by Gasteiger charge is -2.34. The minimum atomic E-state index is -3.57. The van der Waals surface area contributed by atoms with E-state index in [2.05, 4.69) is 12.0 Å². The summed E-state index contributed by atoms with van der Waals surface area (Å²) < 4.78 is 27.2. The molecule has 1 aromatic carbocycles. The van der Waals surface area contributed by atoms with E-state index in [1.165, 1.54) is 16.4 Å². The van der Waals surface area contributed by atoms with Crippen molar-refractivity contribution in [3.63, 3.8) is 0 Å². The molecule has 9 heteroatoms. The van der Waals surface area contributed by atoms with Crippen LogP contribution in [0.1, 0.15) is 31.7 Å². The highest BCUT2D eigenvalue weighted by atomic mass is 32.2. The zero-order valence-corrected chi connectivity index (χ0v) is 17.1. The minimum absolute atomic E-state index is 0.114. The molecule has 1 aromatic rings. The molecule has 0 N–H and O–H groups in total. The Kier molecular flexibility index (Phi) is 6.14. The molecule has 2 aliphatic heterocycles. The van der Waals surface area contributed by atoms with Crippen LogP contribution >= 0.6 is 0 Å². The van der Waals surface area contributed by atoms with Crippen LogP contribution in [0, 0.1) is 0 Å². The molecule has 0 aliphatic carbocycles. The van der Waals surface area contributed by atoms with Crippen LogP contribution in [-0.4, -0.2) is 73.4 Å². The lowest BCUT2D eigenvalue weighted by atomic mass is 10.1. The zero-order valence-electron chi connectivity index (χ0n) is 16.3. The summed E-state index contributed by atoms with van der Waals surface area (Å²) >= 11 is 0. The third kappa shape index (κ3) is 4.25. The van der Waals surface area contributed by atoms with E-state index in [9.17, 15) is 18.0 Å². The highest BCUT2D eigenvalue weighted by molar-refractivity contribution is 7.89. The predicted octanol–water partition coefficient (Wildman–Crippen LogP) is 1.08. The molecule has 0 unspecified atom stereocenters. The molecule has 2 heterocycles. The molecule has 0 radical (unpaired) electrons. The molecule has 2 amide bonds. The van der Waals surface area contributed by atoms with Crippen molar-refractivity contribution in [3.05, 3.63) is 29.8 Å². The van der Waals surface area contributed by atoms with E-state index in [4.69, 9.17) is 0 Å². The number of piperazine rings is 1. The Balaban J connectivity index is 1.63. The summed E-state index contributed by atoms with van der Waals surface area (Å²) in [6.07, 6.45) is 2.52. The average molecular weight is 407 g/mol. The first-order valence-electron chi connectivity index (χ1n) is 9.55. The van der Waals surface area contributed by atoms with Gasteiger partial charge in [-0.2, -0.15) is 9.41 Å². The van der Waals surface area contributed by atoms with Crippen LogP contribution in [0.25, 0.3) is 0 Å². The monoisotopic (exact) mass is 406 g/mol. The Hall–Kier alpha value is -2.26. The maximum absolute atomic E-state index is 12.9. The number of hydrogen-bond donors (Lipinski definition) is 0. The molecule has 1 fully saturated rings. The van der Waals surface area contributed by atoms with Crippen LogP contribution in [0.2, 0.25) is 0 Å². The van der Waals surface area contributed by atoms with Crippen LogP contribution in [0.15, 0.2) is 34.3 Å². The summed E-state index contributed by atoms with van der Waals surface area (Å²) in [4.78, 5) is 26.0. The van der Waals surface area contributed by atoms with Gasteiger partial charge in [0, 0.05) is 46.1 Å². The molecule has 2 aliphatic rings. The number of hydrazone groups is 1. The Labute approximate surface area is 165 Å². The zero-order chi connectivity index (χ0) is 20.3. The van der Waals surface area contributed by atoms with Gasteiger partial charge in [-0.1, -0.05) is 25.5 Å². The average Bonchev–Trinajstić information content (AvgIpc) is 2.70. The van der Waals surface area contributed by atoms with E-state index in [1.54, 1.807) is 17.0 Å². The van der Waals surface area contributed by atoms with Crippen molar-refractivity contribution in [2.24, 2.45) is 5.10 Å². The van der Waals surface area contributed by atoms with Gasteiger partial charge in [-0.15, -0.1) is 0 Å². The standard InChI is InChI=1S/C19H26N4O4S/c1-3-4-15-5-7-16(8-6-15)28(26,27)23-13-11-22(12-14-23)19(25)17-9-10-18(24)21(2)20-17/h5-8H,3-4,9-14H2,1-2H3. The Bertz CT molecular complexity index is 872. The van der Waals surface area contributed by atoms with E-state index < -0.39 is 10.0 Å². The number of carbonyl (C=O) groups excluding carboxylic acids is 2. The van der Waals surface area contributed by atoms with Gasteiger partial charge >= 0.3 is 0 Å². The maximum atomic E-state index is 12.9. The van der Waals surface area contributed by atoms with E-state index in [1.807, 2.05) is 12.1 Å². The molecular weight excluding hydrogens is 380 g/mol. The molecule has 0 saturated carbocycles.